The Kier molecular flexibility index (Phi) is 243. The molecule has 0 aromatic heterocycles. The van der Waals surface area contributed by atoms with Crippen molar-refractivity contribution < 1.29 is 48.0 Å². The molecule has 0 radical (unpaired) electrons. The Hall–Kier alpha value is 1.79. The van der Waals surface area contributed by atoms with Gasteiger partial charge >= 0.3 is 23.1 Å². The van der Waals surface area contributed by atoms with Crippen LogP contribution in [-0.4, -0.2) is 23.1 Å². The van der Waals surface area contributed by atoms with Crippen LogP contribution < -0.4 is 48.0 Å². The number of terminal acetylenes is 1. The van der Waals surface area contributed by atoms with Gasteiger partial charge in [0, 0.05) is 0 Å². The Morgan fingerprint density at radius 3 is 0.800 bits per heavy atom. The summed E-state index contributed by atoms with van der Waals surface area (Å²) in [7, 11) is 0. The van der Waals surface area contributed by atoms with Gasteiger partial charge in [0.15, 0.2) is 0 Å². The first kappa shape index (κ1) is 29.3. The van der Waals surface area contributed by atoms with Gasteiger partial charge in [-0.25, -0.2) is 0 Å². The molecule has 0 atom stereocenters. The smallest absolute Gasteiger partial charge is 1.00 e. The molecular weight excluding hydrogens is 302 g/mol. The first-order valence-corrected chi connectivity index (χ1v) is 0.333. The SMILES string of the molecule is C#C.[I-].[I-].[Mg+2]. The van der Waals surface area contributed by atoms with E-state index in [4.69, 9.17) is 0 Å². The van der Waals surface area contributed by atoms with Crippen LogP contribution in [0.5, 0.6) is 0 Å². The minimum Gasteiger partial charge on any atom is -1.00 e. The van der Waals surface area contributed by atoms with E-state index in [2.05, 4.69) is 12.8 Å². The molecule has 0 heterocycles. The number of hydrogen-bond donors (Lipinski definition) is 0. The Labute approximate surface area is 82.7 Å². The quantitative estimate of drug-likeness (QED) is 0.237. The maximum atomic E-state index is 4.00. The van der Waals surface area contributed by atoms with Crippen LogP contribution in [0.3, 0.4) is 0 Å². The zero-order valence-corrected chi connectivity index (χ0v) is 8.35. The molecule has 0 unspecified atom stereocenters. The van der Waals surface area contributed by atoms with Gasteiger partial charge in [0.2, 0.25) is 0 Å². The summed E-state index contributed by atoms with van der Waals surface area (Å²) in [5, 5.41) is 0. The third kappa shape index (κ3) is 26.0. The molecule has 0 rings (SSSR count). The molecule has 0 saturated carbocycles. The van der Waals surface area contributed by atoms with E-state index in [9.17, 15) is 0 Å². The van der Waals surface area contributed by atoms with Crippen LogP contribution in [0, 0.1) is 12.8 Å². The van der Waals surface area contributed by atoms with E-state index in [1.54, 1.807) is 0 Å². The van der Waals surface area contributed by atoms with Crippen LogP contribution in [-0.2, 0) is 0 Å². The molecule has 5 heavy (non-hydrogen) atoms. The van der Waals surface area contributed by atoms with Crippen molar-refractivity contribution in [3.05, 3.63) is 0 Å². The fourth-order valence-corrected chi connectivity index (χ4v) is 0. The minimum atomic E-state index is 0. The molecule has 0 spiro atoms. The van der Waals surface area contributed by atoms with E-state index >= 15 is 0 Å². The first-order valence-electron chi connectivity index (χ1n) is 0.333. The van der Waals surface area contributed by atoms with Crippen molar-refractivity contribution in [1.82, 2.24) is 0 Å². The number of rotatable bonds is 0. The van der Waals surface area contributed by atoms with Crippen LogP contribution in [0.15, 0.2) is 0 Å². The van der Waals surface area contributed by atoms with Crippen LogP contribution in [0.2, 0.25) is 0 Å². The summed E-state index contributed by atoms with van der Waals surface area (Å²) in [6, 6.07) is 0. The van der Waals surface area contributed by atoms with Crippen LogP contribution >= 0.6 is 0 Å². The van der Waals surface area contributed by atoms with Gasteiger partial charge in [0.1, 0.15) is 0 Å². The van der Waals surface area contributed by atoms with Gasteiger partial charge in [-0.3, -0.25) is 0 Å². The maximum Gasteiger partial charge on any atom is 2.00 e. The van der Waals surface area contributed by atoms with E-state index in [0.717, 1.165) is 0 Å². The average molecular weight is 304 g/mol. The molecule has 0 fully saturated rings. The van der Waals surface area contributed by atoms with E-state index in [0.29, 0.717) is 0 Å². The molecule has 0 aromatic rings. The molecule has 0 nitrogen and oxygen atoms in total. The van der Waals surface area contributed by atoms with E-state index in [1.165, 1.54) is 0 Å². The minimum absolute atomic E-state index is 0. The zero-order valence-electron chi connectivity index (χ0n) is 2.62. The first-order chi connectivity index (χ1) is 1.00. The van der Waals surface area contributed by atoms with Gasteiger partial charge in [-0.1, -0.05) is 0 Å². The predicted octanol–water partition coefficient (Wildman–Crippen LogP) is -6.12. The molecule has 3 heteroatoms. The Morgan fingerprint density at radius 1 is 0.800 bits per heavy atom. The summed E-state index contributed by atoms with van der Waals surface area (Å²) in [4.78, 5) is 0. The second-order valence-corrected chi connectivity index (χ2v) is 0. The third-order valence-electron chi connectivity index (χ3n) is 0. The molecule has 0 N–H and O–H groups in total. The maximum absolute atomic E-state index is 4.00. The fourth-order valence-electron chi connectivity index (χ4n) is 0. The van der Waals surface area contributed by atoms with Crippen molar-refractivity contribution in [2.45, 2.75) is 0 Å². The van der Waals surface area contributed by atoms with Gasteiger partial charge in [-0.05, 0) is 0 Å². The van der Waals surface area contributed by atoms with Gasteiger partial charge in [-0.15, -0.1) is 12.8 Å². The van der Waals surface area contributed by atoms with Crippen molar-refractivity contribution in [2.75, 3.05) is 0 Å². The molecule has 0 aromatic carbocycles. The van der Waals surface area contributed by atoms with E-state index in [-0.39, 0.29) is 71.0 Å². The van der Waals surface area contributed by atoms with Crippen molar-refractivity contribution in [1.29, 1.82) is 0 Å². The Bertz CT molecular complexity index is 12.4. The summed E-state index contributed by atoms with van der Waals surface area (Å²) < 4.78 is 0. The normalized spacial score (nSPS) is 0.400. The Balaban J connectivity index is -0.00000000167. The predicted molar refractivity (Wildman–Crippen MR) is 15.6 cm³/mol. The Morgan fingerprint density at radius 2 is 0.800 bits per heavy atom. The summed E-state index contributed by atoms with van der Waals surface area (Å²) in [5.74, 6) is 0. The molecule has 0 amide bonds. The molecule has 0 aliphatic carbocycles. The van der Waals surface area contributed by atoms with Gasteiger partial charge in [0.25, 0.3) is 0 Å². The average Bonchev–Trinajstić information content (AvgIpc) is 1.00. The molecule has 0 aliphatic rings. The third-order valence-corrected chi connectivity index (χ3v) is 0. The molecular formula is C2H2I2Mg. The van der Waals surface area contributed by atoms with E-state index in [1.807, 2.05) is 0 Å². The van der Waals surface area contributed by atoms with Crippen molar-refractivity contribution in [3.8, 4) is 12.8 Å². The largest absolute Gasteiger partial charge is 2.00 e. The van der Waals surface area contributed by atoms with Crippen LogP contribution in [0.1, 0.15) is 0 Å². The van der Waals surface area contributed by atoms with E-state index < -0.39 is 0 Å². The van der Waals surface area contributed by atoms with Gasteiger partial charge in [0.05, 0.1) is 0 Å². The standard InChI is InChI=1S/C2H2.2HI.Mg/c1-2;;;/h1-2H;2*1H;/q;;;+2/p-2. The topological polar surface area (TPSA) is 0 Å². The van der Waals surface area contributed by atoms with Crippen molar-refractivity contribution >= 4 is 23.1 Å². The fraction of sp³-hybridized carbons (Fsp3) is 0. The van der Waals surface area contributed by atoms with Gasteiger partial charge in [-0.2, -0.15) is 0 Å². The van der Waals surface area contributed by atoms with Crippen molar-refractivity contribution in [2.24, 2.45) is 0 Å². The summed E-state index contributed by atoms with van der Waals surface area (Å²) in [6.45, 7) is 0. The monoisotopic (exact) mass is 304 g/mol. The number of hydrogen-bond acceptors (Lipinski definition) is 0. The summed E-state index contributed by atoms with van der Waals surface area (Å²) in [6.07, 6.45) is 8.00. The number of halogens is 2. The second kappa shape index (κ2) is 41.5. The molecule has 0 aliphatic heterocycles. The van der Waals surface area contributed by atoms with Crippen molar-refractivity contribution in [3.63, 3.8) is 0 Å². The summed E-state index contributed by atoms with van der Waals surface area (Å²) >= 11 is 0. The van der Waals surface area contributed by atoms with Gasteiger partial charge < -0.3 is 48.0 Å². The van der Waals surface area contributed by atoms with Crippen LogP contribution in [0.25, 0.3) is 0 Å². The van der Waals surface area contributed by atoms with Crippen LogP contribution in [0.4, 0.5) is 0 Å². The molecule has 0 saturated heterocycles. The molecule has 0 bridgehead atoms. The molecule has 26 valence electrons. The second-order valence-electron chi connectivity index (χ2n) is 0. The zero-order chi connectivity index (χ0) is 2.00. The summed E-state index contributed by atoms with van der Waals surface area (Å²) in [5.41, 5.74) is 0.